The molecule has 0 unspecified atom stereocenters. The van der Waals surface area contributed by atoms with Crippen LogP contribution in [0.4, 0.5) is 5.82 Å². The minimum atomic E-state index is -2.07. The van der Waals surface area contributed by atoms with E-state index in [0.717, 1.165) is 30.6 Å². The lowest BCUT2D eigenvalue weighted by atomic mass is 10.1. The Bertz CT molecular complexity index is 724. The molecule has 10 heteroatoms. The van der Waals surface area contributed by atoms with Crippen LogP contribution in [0.1, 0.15) is 48.5 Å². The highest BCUT2D eigenvalue weighted by molar-refractivity contribution is 6.99. The Hall–Kier alpha value is -1.23. The summed E-state index contributed by atoms with van der Waals surface area (Å²) in [5.41, 5.74) is -0.304. The number of hydrogen-bond donors (Lipinski definition) is 0. The average molecular weight is 473 g/mol. The molecule has 1 aliphatic heterocycles. The van der Waals surface area contributed by atoms with E-state index in [1.807, 2.05) is 25.7 Å². The molecule has 1 saturated heterocycles. The molecular weight excluding hydrogens is 432 g/mol. The van der Waals surface area contributed by atoms with Gasteiger partial charge in [0.25, 0.3) is 5.88 Å². The molecule has 2 heterocycles. The lowest BCUT2D eigenvalue weighted by Gasteiger charge is -2.42. The van der Waals surface area contributed by atoms with Crippen molar-refractivity contribution in [2.75, 3.05) is 44.4 Å². The fraction of sp³-hybridized carbons (Fsp3) is 0.857. The molecule has 0 radical (unpaired) electrons. The van der Waals surface area contributed by atoms with Crippen molar-refractivity contribution < 1.29 is 18.7 Å². The number of anilines is 1. The summed E-state index contributed by atoms with van der Waals surface area (Å²) in [6.07, 6.45) is -0.261. The van der Waals surface area contributed by atoms with Crippen LogP contribution in [0.5, 0.6) is 5.88 Å². The SMILES string of the molecule is CC(=O)N(C[C@@H](COc1nsnc1N1CCOCC1)O[Si](C)(C)C(C)(C)C)C(C)(C)C. The summed E-state index contributed by atoms with van der Waals surface area (Å²) in [5.74, 6) is 1.32. The van der Waals surface area contributed by atoms with Crippen LogP contribution >= 0.6 is 11.7 Å². The Morgan fingerprint density at radius 2 is 1.81 bits per heavy atom. The van der Waals surface area contributed by atoms with Crippen LogP contribution in [0, 0.1) is 0 Å². The largest absolute Gasteiger partial charge is 0.472 e. The van der Waals surface area contributed by atoms with E-state index in [4.69, 9.17) is 13.9 Å². The number of hydrogen-bond acceptors (Lipinski definition) is 8. The number of rotatable bonds is 8. The Balaban J connectivity index is 2.19. The molecule has 0 aromatic carbocycles. The Morgan fingerprint density at radius 3 is 2.32 bits per heavy atom. The standard InChI is InChI=1S/C21H40N4O4SSi/c1-16(26)25(20(2,3)4)14-17(29-31(8,9)21(5,6)7)15-28-19-18(22-30-23-19)24-10-12-27-13-11-24/h17H,10-15H2,1-9H3/t17-/m0/s1. The summed E-state index contributed by atoms with van der Waals surface area (Å²) >= 11 is 1.15. The highest BCUT2D eigenvalue weighted by Crippen LogP contribution is 2.38. The molecule has 2 rings (SSSR count). The predicted molar refractivity (Wildman–Crippen MR) is 128 cm³/mol. The van der Waals surface area contributed by atoms with Gasteiger partial charge in [-0.15, -0.1) is 4.37 Å². The van der Waals surface area contributed by atoms with Crippen molar-refractivity contribution in [3.63, 3.8) is 0 Å². The molecule has 0 N–H and O–H groups in total. The molecule has 1 aliphatic rings. The monoisotopic (exact) mass is 472 g/mol. The maximum absolute atomic E-state index is 12.4. The second kappa shape index (κ2) is 10.1. The van der Waals surface area contributed by atoms with Crippen molar-refractivity contribution in [1.29, 1.82) is 0 Å². The lowest BCUT2D eigenvalue weighted by Crippen LogP contribution is -2.53. The molecule has 31 heavy (non-hydrogen) atoms. The van der Waals surface area contributed by atoms with E-state index in [9.17, 15) is 4.79 Å². The van der Waals surface area contributed by atoms with Gasteiger partial charge in [0, 0.05) is 32.1 Å². The fourth-order valence-corrected chi connectivity index (χ4v) is 5.05. The number of amides is 1. The van der Waals surface area contributed by atoms with Crippen molar-refractivity contribution in [2.24, 2.45) is 0 Å². The van der Waals surface area contributed by atoms with Gasteiger partial charge in [0.2, 0.25) is 11.7 Å². The zero-order valence-corrected chi connectivity index (χ0v) is 22.5. The minimum absolute atomic E-state index is 0.0284. The van der Waals surface area contributed by atoms with Crippen LogP contribution < -0.4 is 9.64 Å². The van der Waals surface area contributed by atoms with Crippen LogP contribution in [-0.2, 0) is 14.0 Å². The first kappa shape index (κ1) is 26.0. The van der Waals surface area contributed by atoms with Gasteiger partial charge in [0.15, 0.2) is 8.32 Å². The number of carbonyl (C=O) groups excluding carboxylic acids is 1. The zero-order valence-electron chi connectivity index (χ0n) is 20.7. The molecule has 1 aromatic rings. The zero-order chi connectivity index (χ0) is 23.4. The number of nitrogens with zero attached hydrogens (tertiary/aromatic N) is 4. The maximum Gasteiger partial charge on any atom is 0.270 e. The molecule has 1 aromatic heterocycles. The Labute approximate surface area is 192 Å². The van der Waals surface area contributed by atoms with E-state index in [2.05, 4.69) is 47.5 Å². The molecule has 8 nitrogen and oxygen atoms in total. The van der Waals surface area contributed by atoms with Crippen molar-refractivity contribution in [2.45, 2.75) is 78.2 Å². The maximum atomic E-state index is 12.4. The summed E-state index contributed by atoms with van der Waals surface area (Å²) in [5, 5.41) is 0.0508. The normalized spacial score (nSPS) is 16.9. The smallest absolute Gasteiger partial charge is 0.270 e. The summed E-state index contributed by atoms with van der Waals surface area (Å²) < 4.78 is 27.1. The van der Waals surface area contributed by atoms with Crippen molar-refractivity contribution >= 4 is 31.8 Å². The van der Waals surface area contributed by atoms with Gasteiger partial charge in [0.05, 0.1) is 31.0 Å². The summed E-state index contributed by atoms with van der Waals surface area (Å²) in [4.78, 5) is 16.4. The van der Waals surface area contributed by atoms with Gasteiger partial charge in [-0.3, -0.25) is 4.79 Å². The number of carbonyl (C=O) groups is 1. The summed E-state index contributed by atoms with van der Waals surface area (Å²) in [7, 11) is -2.07. The van der Waals surface area contributed by atoms with Gasteiger partial charge < -0.3 is 23.7 Å². The number of aromatic nitrogens is 2. The second-order valence-electron chi connectivity index (χ2n) is 10.6. The van der Waals surface area contributed by atoms with E-state index in [1.165, 1.54) is 0 Å². The molecule has 0 spiro atoms. The molecule has 1 amide bonds. The van der Waals surface area contributed by atoms with Crippen LogP contribution in [0.15, 0.2) is 0 Å². The molecule has 1 atom stereocenters. The first-order valence-corrected chi connectivity index (χ1v) is 14.6. The van der Waals surface area contributed by atoms with E-state index in [-0.39, 0.29) is 22.6 Å². The first-order chi connectivity index (χ1) is 14.2. The minimum Gasteiger partial charge on any atom is -0.472 e. The van der Waals surface area contributed by atoms with E-state index < -0.39 is 8.32 Å². The number of morpholine rings is 1. The quantitative estimate of drug-likeness (QED) is 0.533. The topological polar surface area (TPSA) is 77.0 Å². The van der Waals surface area contributed by atoms with Gasteiger partial charge in [-0.2, -0.15) is 4.37 Å². The first-order valence-electron chi connectivity index (χ1n) is 11.0. The van der Waals surface area contributed by atoms with Crippen molar-refractivity contribution in [3.05, 3.63) is 0 Å². The highest BCUT2D eigenvalue weighted by atomic mass is 32.1. The van der Waals surface area contributed by atoms with E-state index in [1.54, 1.807) is 6.92 Å². The van der Waals surface area contributed by atoms with Gasteiger partial charge >= 0.3 is 0 Å². The Kier molecular flexibility index (Phi) is 8.51. The molecule has 0 saturated carbocycles. The highest BCUT2D eigenvalue weighted by Gasteiger charge is 2.40. The van der Waals surface area contributed by atoms with Gasteiger partial charge in [-0.25, -0.2) is 0 Å². The van der Waals surface area contributed by atoms with Gasteiger partial charge in [-0.05, 0) is 38.9 Å². The third-order valence-corrected chi connectivity index (χ3v) is 11.0. The van der Waals surface area contributed by atoms with Gasteiger partial charge in [0.1, 0.15) is 6.61 Å². The molecular formula is C21H40N4O4SSi. The number of ether oxygens (including phenoxy) is 2. The third kappa shape index (κ3) is 7.13. The molecule has 1 fully saturated rings. The van der Waals surface area contributed by atoms with Crippen LogP contribution in [-0.4, -0.2) is 79.0 Å². The molecule has 0 aliphatic carbocycles. The Morgan fingerprint density at radius 1 is 1.19 bits per heavy atom. The van der Waals surface area contributed by atoms with Crippen molar-refractivity contribution in [1.82, 2.24) is 13.6 Å². The van der Waals surface area contributed by atoms with Crippen LogP contribution in [0.3, 0.4) is 0 Å². The lowest BCUT2D eigenvalue weighted by molar-refractivity contribution is -0.135. The molecule has 0 bridgehead atoms. The van der Waals surface area contributed by atoms with Crippen LogP contribution in [0.25, 0.3) is 0 Å². The van der Waals surface area contributed by atoms with Gasteiger partial charge in [-0.1, -0.05) is 20.8 Å². The average Bonchev–Trinajstić information content (AvgIpc) is 3.10. The van der Waals surface area contributed by atoms with E-state index >= 15 is 0 Å². The third-order valence-electron chi connectivity index (χ3n) is 6.00. The summed E-state index contributed by atoms with van der Waals surface area (Å²) in [6.45, 7) is 22.5. The van der Waals surface area contributed by atoms with Crippen LogP contribution in [0.2, 0.25) is 18.1 Å². The molecule has 178 valence electrons. The predicted octanol–water partition coefficient (Wildman–Crippen LogP) is 3.79. The second-order valence-corrected chi connectivity index (χ2v) is 15.9. The van der Waals surface area contributed by atoms with E-state index in [0.29, 0.717) is 32.2 Å². The van der Waals surface area contributed by atoms with Crippen molar-refractivity contribution in [3.8, 4) is 5.88 Å². The summed E-state index contributed by atoms with van der Waals surface area (Å²) in [6, 6.07) is 0. The fourth-order valence-electron chi connectivity index (χ4n) is 3.20.